The Bertz CT molecular complexity index is 888. The standard InChI is InChI=1S/C17H15FO5S/c1-11(19)16-8-15(5-6-17(16)23-10-13-9-22-13)24(20,21)14-4-2-3-12(18)7-14/h2-8,13H,9-10H2,1H3/t13-/m0/s1. The minimum atomic E-state index is -3.93. The van der Waals surface area contributed by atoms with E-state index in [4.69, 9.17) is 9.47 Å². The van der Waals surface area contributed by atoms with Crippen LogP contribution in [0, 0.1) is 5.82 Å². The lowest BCUT2D eigenvalue weighted by Crippen LogP contribution is -2.09. The smallest absolute Gasteiger partial charge is 0.206 e. The Morgan fingerprint density at radius 3 is 2.58 bits per heavy atom. The van der Waals surface area contributed by atoms with Crippen LogP contribution in [0.3, 0.4) is 0 Å². The predicted octanol–water partition coefficient (Wildman–Crippen LogP) is 2.64. The molecule has 1 aliphatic rings. The highest BCUT2D eigenvalue weighted by atomic mass is 32.2. The summed E-state index contributed by atoms with van der Waals surface area (Å²) in [6.45, 7) is 2.24. The first-order valence-electron chi connectivity index (χ1n) is 7.28. The van der Waals surface area contributed by atoms with Gasteiger partial charge in [-0.3, -0.25) is 4.79 Å². The number of sulfone groups is 1. The number of ketones is 1. The van der Waals surface area contributed by atoms with Gasteiger partial charge >= 0.3 is 0 Å². The average Bonchev–Trinajstić information content (AvgIpc) is 3.37. The summed E-state index contributed by atoms with van der Waals surface area (Å²) in [5.41, 5.74) is 0.160. The predicted molar refractivity (Wildman–Crippen MR) is 83.5 cm³/mol. The molecule has 2 aromatic carbocycles. The number of benzene rings is 2. The summed E-state index contributed by atoms with van der Waals surface area (Å²) < 4.78 is 49.1. The number of Topliss-reactive ketones (excluding diaryl/α,β-unsaturated/α-hetero) is 1. The highest BCUT2D eigenvalue weighted by molar-refractivity contribution is 7.91. The Labute approximate surface area is 138 Å². The molecule has 1 fully saturated rings. The van der Waals surface area contributed by atoms with Gasteiger partial charge in [-0.15, -0.1) is 0 Å². The van der Waals surface area contributed by atoms with Crippen molar-refractivity contribution in [2.24, 2.45) is 0 Å². The van der Waals surface area contributed by atoms with Crippen LogP contribution < -0.4 is 4.74 Å². The van der Waals surface area contributed by atoms with E-state index in [2.05, 4.69) is 0 Å². The molecule has 2 aromatic rings. The van der Waals surface area contributed by atoms with E-state index in [9.17, 15) is 17.6 Å². The molecule has 0 radical (unpaired) electrons. The molecule has 24 heavy (non-hydrogen) atoms. The second-order valence-electron chi connectivity index (χ2n) is 5.44. The summed E-state index contributed by atoms with van der Waals surface area (Å²) in [6.07, 6.45) is 0.0144. The molecule has 1 saturated heterocycles. The zero-order valence-corrected chi connectivity index (χ0v) is 13.7. The van der Waals surface area contributed by atoms with Crippen LogP contribution in [0.1, 0.15) is 17.3 Å². The molecule has 1 atom stereocenters. The highest BCUT2D eigenvalue weighted by Gasteiger charge is 2.25. The SMILES string of the molecule is CC(=O)c1cc(S(=O)(=O)c2cccc(F)c2)ccc1OC[C@@H]1CO1. The maximum absolute atomic E-state index is 13.3. The Balaban J connectivity index is 1.98. The number of halogens is 1. The third-order valence-electron chi connectivity index (χ3n) is 3.57. The van der Waals surface area contributed by atoms with Crippen molar-refractivity contribution in [2.75, 3.05) is 13.2 Å². The fourth-order valence-electron chi connectivity index (χ4n) is 2.19. The van der Waals surface area contributed by atoms with Crippen LogP contribution in [-0.4, -0.2) is 33.5 Å². The van der Waals surface area contributed by atoms with Crippen molar-refractivity contribution in [2.45, 2.75) is 22.8 Å². The van der Waals surface area contributed by atoms with E-state index in [-0.39, 0.29) is 27.2 Å². The van der Waals surface area contributed by atoms with Crippen LogP contribution in [0.2, 0.25) is 0 Å². The fourth-order valence-corrected chi connectivity index (χ4v) is 3.51. The van der Waals surface area contributed by atoms with Gasteiger partial charge in [-0.05, 0) is 43.3 Å². The van der Waals surface area contributed by atoms with Crippen LogP contribution in [0.25, 0.3) is 0 Å². The second kappa shape index (κ2) is 6.33. The second-order valence-corrected chi connectivity index (χ2v) is 7.39. The molecule has 5 nitrogen and oxygen atoms in total. The molecule has 0 saturated carbocycles. The number of carbonyl (C=O) groups excluding carboxylic acids is 1. The lowest BCUT2D eigenvalue weighted by Gasteiger charge is -2.11. The van der Waals surface area contributed by atoms with Gasteiger partial charge in [0.1, 0.15) is 24.3 Å². The molecule has 0 aromatic heterocycles. The molecule has 0 bridgehead atoms. The maximum atomic E-state index is 13.3. The van der Waals surface area contributed by atoms with Gasteiger partial charge in [-0.1, -0.05) is 6.07 Å². The van der Waals surface area contributed by atoms with E-state index in [1.165, 1.54) is 37.3 Å². The monoisotopic (exact) mass is 350 g/mol. The van der Waals surface area contributed by atoms with Gasteiger partial charge in [0, 0.05) is 0 Å². The van der Waals surface area contributed by atoms with Crippen LogP contribution in [0.4, 0.5) is 4.39 Å². The minimum absolute atomic E-state index is 0.0144. The van der Waals surface area contributed by atoms with Gasteiger partial charge < -0.3 is 9.47 Å². The first-order chi connectivity index (χ1) is 11.4. The molecule has 0 amide bonds. The van der Waals surface area contributed by atoms with Gasteiger partial charge in [0.15, 0.2) is 5.78 Å². The van der Waals surface area contributed by atoms with Gasteiger partial charge in [-0.25, -0.2) is 12.8 Å². The molecule has 3 rings (SSSR count). The molecule has 0 aliphatic carbocycles. The summed E-state index contributed by atoms with van der Waals surface area (Å²) in [7, 11) is -3.93. The summed E-state index contributed by atoms with van der Waals surface area (Å²) in [4.78, 5) is 11.6. The van der Waals surface area contributed by atoms with Crippen LogP contribution in [0.5, 0.6) is 5.75 Å². The average molecular weight is 350 g/mol. The van der Waals surface area contributed by atoms with E-state index in [1.54, 1.807) is 0 Å². The van der Waals surface area contributed by atoms with Crippen molar-refractivity contribution < 1.29 is 27.1 Å². The quantitative estimate of drug-likeness (QED) is 0.591. The summed E-state index contributed by atoms with van der Waals surface area (Å²) in [6, 6.07) is 8.77. The topological polar surface area (TPSA) is 73.0 Å². The highest BCUT2D eigenvalue weighted by Crippen LogP contribution is 2.28. The maximum Gasteiger partial charge on any atom is 0.206 e. The third-order valence-corrected chi connectivity index (χ3v) is 5.32. The van der Waals surface area contributed by atoms with Gasteiger partial charge in [0.2, 0.25) is 9.84 Å². The minimum Gasteiger partial charge on any atom is -0.490 e. The van der Waals surface area contributed by atoms with Crippen molar-refractivity contribution in [3.8, 4) is 5.75 Å². The van der Waals surface area contributed by atoms with E-state index < -0.39 is 15.7 Å². The van der Waals surface area contributed by atoms with Gasteiger partial charge in [0.25, 0.3) is 0 Å². The normalized spacial score (nSPS) is 16.7. The van der Waals surface area contributed by atoms with E-state index in [0.29, 0.717) is 19.0 Å². The number of epoxide rings is 1. The van der Waals surface area contributed by atoms with Crippen molar-refractivity contribution in [3.05, 3.63) is 53.8 Å². The van der Waals surface area contributed by atoms with Crippen LogP contribution >= 0.6 is 0 Å². The molecule has 1 heterocycles. The zero-order valence-electron chi connectivity index (χ0n) is 12.9. The lowest BCUT2D eigenvalue weighted by molar-refractivity contribution is 0.101. The molecule has 0 spiro atoms. The largest absolute Gasteiger partial charge is 0.490 e. The van der Waals surface area contributed by atoms with Crippen molar-refractivity contribution >= 4 is 15.6 Å². The van der Waals surface area contributed by atoms with Crippen molar-refractivity contribution in [3.63, 3.8) is 0 Å². The molecule has 126 valence electrons. The Hall–Kier alpha value is -2.25. The van der Waals surface area contributed by atoms with E-state index in [1.807, 2.05) is 0 Å². The number of hydrogen-bond acceptors (Lipinski definition) is 5. The number of ether oxygens (including phenoxy) is 2. The van der Waals surface area contributed by atoms with E-state index >= 15 is 0 Å². The third kappa shape index (κ3) is 3.47. The Morgan fingerprint density at radius 1 is 1.25 bits per heavy atom. The molecular weight excluding hydrogens is 335 g/mol. The lowest BCUT2D eigenvalue weighted by atomic mass is 10.1. The molecule has 0 unspecified atom stereocenters. The summed E-state index contributed by atoms with van der Waals surface area (Å²) in [5, 5.41) is 0. The number of rotatable bonds is 6. The fraction of sp³-hybridized carbons (Fsp3) is 0.235. The first-order valence-corrected chi connectivity index (χ1v) is 8.76. The van der Waals surface area contributed by atoms with E-state index in [0.717, 1.165) is 12.1 Å². The van der Waals surface area contributed by atoms with Crippen molar-refractivity contribution in [1.29, 1.82) is 0 Å². The summed E-state index contributed by atoms with van der Waals surface area (Å²) >= 11 is 0. The van der Waals surface area contributed by atoms with Crippen LogP contribution in [0.15, 0.2) is 52.3 Å². The zero-order chi connectivity index (χ0) is 17.3. The molecule has 1 aliphatic heterocycles. The molecule has 0 N–H and O–H groups in total. The number of carbonyl (C=O) groups is 1. The summed E-state index contributed by atoms with van der Waals surface area (Å²) in [5.74, 6) is -0.665. The van der Waals surface area contributed by atoms with Gasteiger partial charge in [0.05, 0.1) is 22.0 Å². The number of hydrogen-bond donors (Lipinski definition) is 0. The Kier molecular flexibility index (Phi) is 4.38. The molecular formula is C17H15FO5S. The van der Waals surface area contributed by atoms with Gasteiger partial charge in [-0.2, -0.15) is 0 Å². The molecule has 7 heteroatoms. The van der Waals surface area contributed by atoms with Crippen LogP contribution in [-0.2, 0) is 14.6 Å². The first kappa shape index (κ1) is 16.6. The van der Waals surface area contributed by atoms with Crippen molar-refractivity contribution in [1.82, 2.24) is 0 Å². The Morgan fingerprint density at radius 2 is 1.96 bits per heavy atom.